The van der Waals surface area contributed by atoms with Crippen molar-refractivity contribution in [2.75, 3.05) is 18.1 Å². The minimum absolute atomic E-state index is 0.0433. The highest BCUT2D eigenvalue weighted by Gasteiger charge is 2.18. The number of amides is 1. The molecule has 1 heterocycles. The van der Waals surface area contributed by atoms with Gasteiger partial charge >= 0.3 is 0 Å². The van der Waals surface area contributed by atoms with E-state index in [0.29, 0.717) is 4.58 Å². The van der Waals surface area contributed by atoms with Crippen LogP contribution in [0.5, 0.6) is 0 Å². The van der Waals surface area contributed by atoms with Gasteiger partial charge in [0.15, 0.2) is 0 Å². The number of hydrogen-bond acceptors (Lipinski definition) is 3. The number of rotatable bonds is 5. The monoisotopic (exact) mass is 281 g/mol. The van der Waals surface area contributed by atoms with Crippen LogP contribution in [0.1, 0.15) is 40.3 Å². The molecule has 1 saturated heterocycles. The van der Waals surface area contributed by atoms with Gasteiger partial charge in [-0.25, -0.2) is 0 Å². The molecule has 1 amide bonds. The van der Waals surface area contributed by atoms with Crippen LogP contribution in [0.2, 0.25) is 0 Å². The second kappa shape index (κ2) is 7.10. The van der Waals surface area contributed by atoms with E-state index in [1.54, 1.807) is 0 Å². The van der Waals surface area contributed by atoms with Gasteiger partial charge in [-0.05, 0) is 24.1 Å². The van der Waals surface area contributed by atoms with Crippen LogP contribution in [0.15, 0.2) is 24.3 Å². The lowest BCUT2D eigenvalue weighted by Gasteiger charge is -2.09. The van der Waals surface area contributed by atoms with E-state index in [0.717, 1.165) is 24.9 Å². The standard InChI is InChI=1S/C14H19NOS2/c1-2-3-8-15-13(16)11-4-6-12(7-5-11)14-17-9-10-18-14/h4-7,14H,2-3,8-10H2,1H3,(H,15,16). The summed E-state index contributed by atoms with van der Waals surface area (Å²) in [7, 11) is 0. The Hall–Kier alpha value is -0.610. The minimum atomic E-state index is 0.0433. The molecule has 1 aromatic carbocycles. The summed E-state index contributed by atoms with van der Waals surface area (Å²) in [5.41, 5.74) is 2.09. The first-order chi connectivity index (χ1) is 8.81. The Morgan fingerprint density at radius 1 is 1.28 bits per heavy atom. The van der Waals surface area contributed by atoms with E-state index in [-0.39, 0.29) is 5.91 Å². The molecule has 0 atom stereocenters. The summed E-state index contributed by atoms with van der Waals surface area (Å²) in [5.74, 6) is 2.50. The average Bonchev–Trinajstić information content (AvgIpc) is 2.93. The zero-order valence-electron chi connectivity index (χ0n) is 10.6. The lowest BCUT2D eigenvalue weighted by Crippen LogP contribution is -2.24. The molecule has 0 radical (unpaired) electrons. The molecule has 0 unspecified atom stereocenters. The first-order valence-electron chi connectivity index (χ1n) is 6.42. The van der Waals surface area contributed by atoms with Gasteiger partial charge in [-0.2, -0.15) is 0 Å². The zero-order chi connectivity index (χ0) is 12.8. The fourth-order valence-corrected chi connectivity index (χ4v) is 4.68. The number of thioether (sulfide) groups is 2. The molecular formula is C14H19NOS2. The van der Waals surface area contributed by atoms with Gasteiger partial charge in [-0.1, -0.05) is 25.5 Å². The van der Waals surface area contributed by atoms with Crippen LogP contribution in [0.4, 0.5) is 0 Å². The molecule has 0 aliphatic carbocycles. The number of nitrogens with one attached hydrogen (secondary N) is 1. The molecule has 1 aromatic rings. The van der Waals surface area contributed by atoms with Crippen molar-refractivity contribution in [2.45, 2.75) is 24.3 Å². The van der Waals surface area contributed by atoms with E-state index in [4.69, 9.17) is 0 Å². The smallest absolute Gasteiger partial charge is 0.251 e. The molecule has 0 aromatic heterocycles. The highest BCUT2D eigenvalue weighted by atomic mass is 32.2. The summed E-state index contributed by atoms with van der Waals surface area (Å²) in [6, 6.07) is 8.06. The summed E-state index contributed by atoms with van der Waals surface area (Å²) >= 11 is 3.98. The predicted molar refractivity (Wildman–Crippen MR) is 81.3 cm³/mol. The molecule has 0 bridgehead atoms. The summed E-state index contributed by atoms with van der Waals surface area (Å²) in [6.07, 6.45) is 2.15. The van der Waals surface area contributed by atoms with Gasteiger partial charge in [0.25, 0.3) is 5.91 Å². The third kappa shape index (κ3) is 3.69. The lowest BCUT2D eigenvalue weighted by molar-refractivity contribution is 0.0953. The Morgan fingerprint density at radius 2 is 1.94 bits per heavy atom. The normalized spacial score (nSPS) is 15.8. The van der Waals surface area contributed by atoms with Crippen LogP contribution in [-0.2, 0) is 0 Å². The van der Waals surface area contributed by atoms with Gasteiger partial charge < -0.3 is 5.32 Å². The fraction of sp³-hybridized carbons (Fsp3) is 0.500. The fourth-order valence-electron chi connectivity index (χ4n) is 1.82. The average molecular weight is 281 g/mol. The van der Waals surface area contributed by atoms with Crippen LogP contribution >= 0.6 is 23.5 Å². The second-order valence-electron chi connectivity index (χ2n) is 4.30. The maximum Gasteiger partial charge on any atom is 0.251 e. The summed E-state index contributed by atoms with van der Waals surface area (Å²) in [4.78, 5) is 11.8. The molecule has 1 aliphatic heterocycles. The first kappa shape index (κ1) is 13.8. The van der Waals surface area contributed by atoms with Gasteiger partial charge in [0.2, 0.25) is 0 Å². The Bertz CT molecular complexity index is 385. The third-order valence-corrected chi connectivity index (χ3v) is 5.99. The minimum Gasteiger partial charge on any atom is -0.352 e. The Kier molecular flexibility index (Phi) is 5.45. The van der Waals surface area contributed by atoms with Crippen LogP contribution in [0.3, 0.4) is 0 Å². The molecule has 98 valence electrons. The number of hydrogen-bond donors (Lipinski definition) is 1. The number of carbonyl (C=O) groups is 1. The molecule has 18 heavy (non-hydrogen) atoms. The van der Waals surface area contributed by atoms with Crippen LogP contribution in [0.25, 0.3) is 0 Å². The molecule has 1 N–H and O–H groups in total. The number of carbonyl (C=O) groups excluding carboxylic acids is 1. The van der Waals surface area contributed by atoms with Crippen molar-refractivity contribution in [3.63, 3.8) is 0 Å². The molecule has 2 nitrogen and oxygen atoms in total. The van der Waals surface area contributed by atoms with E-state index in [9.17, 15) is 4.79 Å². The second-order valence-corrected chi connectivity index (χ2v) is 7.03. The first-order valence-corrected chi connectivity index (χ1v) is 8.52. The maximum atomic E-state index is 11.8. The number of unbranched alkanes of at least 4 members (excludes halogenated alkanes) is 1. The highest BCUT2D eigenvalue weighted by molar-refractivity contribution is 8.19. The van der Waals surface area contributed by atoms with Gasteiger partial charge in [0.1, 0.15) is 0 Å². The van der Waals surface area contributed by atoms with Crippen LogP contribution in [0, 0.1) is 0 Å². The molecule has 4 heteroatoms. The van der Waals surface area contributed by atoms with Crippen molar-refractivity contribution in [1.82, 2.24) is 5.32 Å². The van der Waals surface area contributed by atoms with E-state index in [1.807, 2.05) is 35.7 Å². The number of benzene rings is 1. The summed E-state index contributed by atoms with van der Waals surface area (Å²) in [5, 5.41) is 2.94. The SMILES string of the molecule is CCCCNC(=O)c1ccc(C2SCCS2)cc1. The molecule has 1 aliphatic rings. The van der Waals surface area contributed by atoms with E-state index in [2.05, 4.69) is 24.4 Å². The summed E-state index contributed by atoms with van der Waals surface area (Å²) in [6.45, 7) is 2.89. The van der Waals surface area contributed by atoms with Crippen molar-refractivity contribution < 1.29 is 4.79 Å². The molecular weight excluding hydrogens is 262 g/mol. The van der Waals surface area contributed by atoms with Crippen LogP contribution < -0.4 is 5.32 Å². The predicted octanol–water partition coefficient (Wildman–Crippen LogP) is 3.70. The van der Waals surface area contributed by atoms with E-state index < -0.39 is 0 Å². The van der Waals surface area contributed by atoms with E-state index >= 15 is 0 Å². The van der Waals surface area contributed by atoms with Crippen molar-refractivity contribution in [3.8, 4) is 0 Å². The molecule has 0 spiro atoms. The quantitative estimate of drug-likeness (QED) is 0.835. The third-order valence-electron chi connectivity index (χ3n) is 2.88. The Labute approximate surface area is 117 Å². The topological polar surface area (TPSA) is 29.1 Å². The molecule has 1 fully saturated rings. The lowest BCUT2D eigenvalue weighted by atomic mass is 10.1. The molecule has 2 rings (SSSR count). The van der Waals surface area contributed by atoms with Crippen LogP contribution in [-0.4, -0.2) is 24.0 Å². The van der Waals surface area contributed by atoms with Crippen molar-refractivity contribution in [3.05, 3.63) is 35.4 Å². The van der Waals surface area contributed by atoms with Crippen molar-refractivity contribution in [1.29, 1.82) is 0 Å². The maximum absolute atomic E-state index is 11.8. The van der Waals surface area contributed by atoms with Gasteiger partial charge in [-0.3, -0.25) is 4.79 Å². The highest BCUT2D eigenvalue weighted by Crippen LogP contribution is 2.45. The summed E-state index contributed by atoms with van der Waals surface area (Å²) < 4.78 is 0.558. The molecule has 0 saturated carbocycles. The van der Waals surface area contributed by atoms with Crippen molar-refractivity contribution in [2.24, 2.45) is 0 Å². The van der Waals surface area contributed by atoms with Gasteiger partial charge in [0.05, 0.1) is 4.58 Å². The van der Waals surface area contributed by atoms with Gasteiger partial charge in [0, 0.05) is 23.6 Å². The Morgan fingerprint density at radius 3 is 2.56 bits per heavy atom. The van der Waals surface area contributed by atoms with Crippen molar-refractivity contribution >= 4 is 29.4 Å². The van der Waals surface area contributed by atoms with Gasteiger partial charge in [-0.15, -0.1) is 23.5 Å². The largest absolute Gasteiger partial charge is 0.352 e. The Balaban J connectivity index is 1.92. The zero-order valence-corrected chi connectivity index (χ0v) is 12.3. The van der Waals surface area contributed by atoms with E-state index in [1.165, 1.54) is 17.1 Å².